The number of rotatable bonds is 5. The lowest BCUT2D eigenvalue weighted by Gasteiger charge is -2.22. The van der Waals surface area contributed by atoms with E-state index in [-0.39, 0.29) is 16.4 Å². The van der Waals surface area contributed by atoms with Crippen LogP contribution in [0.3, 0.4) is 0 Å². The van der Waals surface area contributed by atoms with Crippen molar-refractivity contribution in [1.29, 1.82) is 0 Å². The van der Waals surface area contributed by atoms with E-state index in [0.717, 1.165) is 6.54 Å². The van der Waals surface area contributed by atoms with Gasteiger partial charge in [0.2, 0.25) is 0 Å². The first-order valence-electron chi connectivity index (χ1n) is 5.81. The maximum absolute atomic E-state index is 10.6. The molecule has 1 aromatic heterocycles. The van der Waals surface area contributed by atoms with Crippen LogP contribution in [0.15, 0.2) is 6.20 Å². The highest BCUT2D eigenvalue weighted by Gasteiger charge is 2.20. The summed E-state index contributed by atoms with van der Waals surface area (Å²) in [5, 5.41) is 17.9. The monoisotopic (exact) mass is 274 g/mol. The Morgan fingerprint density at radius 1 is 1.61 bits per heavy atom. The molecule has 0 spiro atoms. The Morgan fingerprint density at radius 2 is 2.22 bits per heavy atom. The van der Waals surface area contributed by atoms with Crippen LogP contribution in [0, 0.1) is 16.0 Å². The Kier molecular flexibility index (Phi) is 4.70. The fraction of sp³-hybridized carbons (Fsp3) is 0.727. The fourth-order valence-corrected chi connectivity index (χ4v) is 1.69. The van der Waals surface area contributed by atoms with Gasteiger partial charge in [-0.15, -0.1) is 0 Å². The molecular weight excluding hydrogens is 256 g/mol. The Bertz CT molecular complexity index is 425. The lowest BCUT2D eigenvalue weighted by molar-refractivity contribution is -0.389. The SMILES string of the molecule is CC(CNC(C)(C)C)Cn1cc(Cl)c([N+](=O)[O-])n1. The van der Waals surface area contributed by atoms with Crippen LogP contribution in [0.5, 0.6) is 0 Å². The highest BCUT2D eigenvalue weighted by atomic mass is 35.5. The van der Waals surface area contributed by atoms with Gasteiger partial charge in [0.05, 0.1) is 17.8 Å². The summed E-state index contributed by atoms with van der Waals surface area (Å²) in [5.41, 5.74) is 0.0576. The zero-order chi connectivity index (χ0) is 13.9. The van der Waals surface area contributed by atoms with Crippen molar-refractivity contribution in [3.63, 3.8) is 0 Å². The van der Waals surface area contributed by atoms with Crippen molar-refractivity contribution in [2.45, 2.75) is 39.8 Å². The van der Waals surface area contributed by atoms with Crippen LogP contribution in [-0.2, 0) is 6.54 Å². The molecule has 1 N–H and O–H groups in total. The summed E-state index contributed by atoms with van der Waals surface area (Å²) in [4.78, 5) is 10.0. The second kappa shape index (κ2) is 5.67. The van der Waals surface area contributed by atoms with Crippen molar-refractivity contribution < 1.29 is 4.92 Å². The van der Waals surface area contributed by atoms with E-state index in [2.05, 4.69) is 38.1 Å². The summed E-state index contributed by atoms with van der Waals surface area (Å²) < 4.78 is 1.52. The van der Waals surface area contributed by atoms with Gasteiger partial charge in [-0.3, -0.25) is 0 Å². The minimum Gasteiger partial charge on any atom is -0.358 e. The molecule has 0 fully saturated rings. The van der Waals surface area contributed by atoms with E-state index < -0.39 is 4.92 Å². The first-order chi connectivity index (χ1) is 8.19. The van der Waals surface area contributed by atoms with E-state index in [0.29, 0.717) is 12.5 Å². The standard InChI is InChI=1S/C11H19ClN4O2/c1-8(5-13-11(2,3)4)6-15-7-9(12)10(14-15)16(17)18/h7-8,13H,5-6H2,1-4H3. The minimum atomic E-state index is -0.573. The molecule has 1 aromatic rings. The maximum Gasteiger partial charge on any atom is 0.408 e. The molecule has 0 aromatic carbocycles. The summed E-state index contributed by atoms with van der Waals surface area (Å²) in [7, 11) is 0. The van der Waals surface area contributed by atoms with Crippen molar-refractivity contribution in [2.24, 2.45) is 5.92 Å². The normalized spacial score (nSPS) is 13.6. The second-order valence-electron chi connectivity index (χ2n) is 5.52. The van der Waals surface area contributed by atoms with Crippen LogP contribution in [0.25, 0.3) is 0 Å². The van der Waals surface area contributed by atoms with Gasteiger partial charge in [0, 0.05) is 12.1 Å². The topological polar surface area (TPSA) is 73.0 Å². The van der Waals surface area contributed by atoms with Gasteiger partial charge in [-0.1, -0.05) is 18.5 Å². The molecule has 18 heavy (non-hydrogen) atoms. The number of nitrogens with zero attached hydrogens (tertiary/aromatic N) is 3. The van der Waals surface area contributed by atoms with Crippen molar-refractivity contribution >= 4 is 17.4 Å². The molecule has 0 saturated heterocycles. The average Bonchev–Trinajstić information content (AvgIpc) is 2.55. The third-order valence-corrected chi connectivity index (χ3v) is 2.62. The largest absolute Gasteiger partial charge is 0.408 e. The Hall–Kier alpha value is -1.14. The predicted octanol–water partition coefficient (Wildman–Crippen LogP) is 2.47. The van der Waals surface area contributed by atoms with E-state index in [1.54, 1.807) is 0 Å². The van der Waals surface area contributed by atoms with E-state index >= 15 is 0 Å². The molecule has 1 heterocycles. The van der Waals surface area contributed by atoms with Crippen molar-refractivity contribution in [3.05, 3.63) is 21.3 Å². The third-order valence-electron chi connectivity index (χ3n) is 2.35. The number of aromatic nitrogens is 2. The lowest BCUT2D eigenvalue weighted by Crippen LogP contribution is -2.39. The van der Waals surface area contributed by atoms with Gasteiger partial charge < -0.3 is 15.4 Å². The smallest absolute Gasteiger partial charge is 0.358 e. The molecule has 6 nitrogen and oxygen atoms in total. The van der Waals surface area contributed by atoms with Crippen LogP contribution in [-0.4, -0.2) is 26.8 Å². The molecule has 0 bridgehead atoms. The Labute approximate surface area is 111 Å². The molecule has 1 unspecified atom stereocenters. The average molecular weight is 275 g/mol. The van der Waals surface area contributed by atoms with Gasteiger partial charge in [-0.25, -0.2) is 0 Å². The Balaban J connectivity index is 2.57. The van der Waals surface area contributed by atoms with Gasteiger partial charge in [-0.2, -0.15) is 4.68 Å². The lowest BCUT2D eigenvalue weighted by atomic mass is 10.1. The molecule has 0 amide bonds. The third kappa shape index (κ3) is 4.62. The number of hydrogen-bond donors (Lipinski definition) is 1. The fourth-order valence-electron chi connectivity index (χ4n) is 1.47. The van der Waals surface area contributed by atoms with Crippen LogP contribution < -0.4 is 5.32 Å². The van der Waals surface area contributed by atoms with Crippen molar-refractivity contribution in [3.8, 4) is 0 Å². The van der Waals surface area contributed by atoms with Gasteiger partial charge in [0.25, 0.3) is 0 Å². The zero-order valence-electron chi connectivity index (χ0n) is 11.1. The summed E-state index contributed by atoms with van der Waals surface area (Å²) in [6, 6.07) is 0. The highest BCUT2D eigenvalue weighted by molar-refractivity contribution is 6.32. The van der Waals surface area contributed by atoms with Crippen molar-refractivity contribution in [2.75, 3.05) is 6.54 Å². The van der Waals surface area contributed by atoms with Crippen LogP contribution in [0.4, 0.5) is 5.82 Å². The first kappa shape index (κ1) is 14.9. The summed E-state index contributed by atoms with van der Waals surface area (Å²) in [6.07, 6.45) is 1.49. The van der Waals surface area contributed by atoms with Gasteiger partial charge >= 0.3 is 5.82 Å². The molecular formula is C11H19ClN4O2. The molecule has 0 radical (unpaired) electrons. The first-order valence-corrected chi connectivity index (χ1v) is 6.19. The van der Waals surface area contributed by atoms with Gasteiger partial charge in [-0.05, 0) is 31.6 Å². The van der Waals surface area contributed by atoms with E-state index in [4.69, 9.17) is 11.6 Å². The molecule has 1 rings (SSSR count). The summed E-state index contributed by atoms with van der Waals surface area (Å²) >= 11 is 5.73. The van der Waals surface area contributed by atoms with E-state index in [1.165, 1.54) is 10.9 Å². The zero-order valence-corrected chi connectivity index (χ0v) is 11.9. The summed E-state index contributed by atoms with van der Waals surface area (Å²) in [5.74, 6) is 0.0208. The molecule has 7 heteroatoms. The van der Waals surface area contributed by atoms with Gasteiger partial charge in [0.15, 0.2) is 5.02 Å². The molecule has 0 aliphatic carbocycles. The van der Waals surface area contributed by atoms with E-state index in [1.807, 2.05) is 0 Å². The Morgan fingerprint density at radius 3 is 2.67 bits per heavy atom. The van der Waals surface area contributed by atoms with Crippen molar-refractivity contribution in [1.82, 2.24) is 15.1 Å². The van der Waals surface area contributed by atoms with Gasteiger partial charge in [0.1, 0.15) is 0 Å². The predicted molar refractivity (Wildman–Crippen MR) is 70.8 cm³/mol. The highest BCUT2D eigenvalue weighted by Crippen LogP contribution is 2.21. The summed E-state index contributed by atoms with van der Waals surface area (Å²) in [6.45, 7) is 9.74. The molecule has 0 saturated carbocycles. The van der Waals surface area contributed by atoms with Crippen LogP contribution in [0.2, 0.25) is 5.02 Å². The number of halogens is 1. The molecule has 1 atom stereocenters. The molecule has 0 aliphatic rings. The number of hydrogen-bond acceptors (Lipinski definition) is 4. The maximum atomic E-state index is 10.6. The van der Waals surface area contributed by atoms with Crippen LogP contribution >= 0.6 is 11.6 Å². The second-order valence-corrected chi connectivity index (χ2v) is 5.92. The van der Waals surface area contributed by atoms with E-state index in [9.17, 15) is 10.1 Å². The molecule has 102 valence electrons. The number of nitrogens with one attached hydrogen (secondary N) is 1. The number of nitro groups is 1. The minimum absolute atomic E-state index is 0.0576. The quantitative estimate of drug-likeness (QED) is 0.661. The molecule has 0 aliphatic heterocycles. The van der Waals surface area contributed by atoms with Crippen LogP contribution in [0.1, 0.15) is 27.7 Å².